The smallest absolute Gasteiger partial charge is 0.262 e. The van der Waals surface area contributed by atoms with Gasteiger partial charge in [0.2, 0.25) is 5.89 Å². The number of nitrogens with one attached hydrogen (secondary N) is 1. The monoisotopic (exact) mass is 392 g/mol. The summed E-state index contributed by atoms with van der Waals surface area (Å²) in [6.45, 7) is 1.92. The van der Waals surface area contributed by atoms with Gasteiger partial charge in [0.25, 0.3) is 5.91 Å². The molecule has 0 unspecified atom stereocenters. The minimum atomic E-state index is -0.255. The molecule has 0 aliphatic rings. The second-order valence-corrected chi connectivity index (χ2v) is 6.80. The number of ether oxygens (including phenoxy) is 1. The molecule has 1 aromatic heterocycles. The first-order valence-corrected chi connectivity index (χ1v) is 9.10. The predicted molar refractivity (Wildman–Crippen MR) is 110 cm³/mol. The molecule has 0 atom stereocenters. The lowest BCUT2D eigenvalue weighted by molar-refractivity contribution is -0.118. The zero-order valence-corrected chi connectivity index (χ0v) is 15.9. The maximum Gasteiger partial charge on any atom is 0.262 e. The number of fused-ring (bicyclic) bond motifs is 1. The van der Waals surface area contributed by atoms with Gasteiger partial charge in [-0.3, -0.25) is 4.79 Å². The minimum absolute atomic E-state index is 0.0781. The third-order valence-electron chi connectivity index (χ3n) is 4.13. The molecule has 1 N–H and O–H groups in total. The summed E-state index contributed by atoms with van der Waals surface area (Å²) in [5, 5.41) is 3.41. The quantitative estimate of drug-likeness (QED) is 0.488. The third-order valence-corrected chi connectivity index (χ3v) is 4.37. The van der Waals surface area contributed by atoms with Crippen molar-refractivity contribution in [3.05, 3.63) is 77.3 Å². The van der Waals surface area contributed by atoms with E-state index >= 15 is 0 Å². The maximum atomic E-state index is 12.2. The summed E-state index contributed by atoms with van der Waals surface area (Å²) in [4.78, 5) is 16.6. The van der Waals surface area contributed by atoms with Gasteiger partial charge in [0.05, 0.1) is 0 Å². The minimum Gasteiger partial charge on any atom is -0.484 e. The first kappa shape index (κ1) is 18.1. The number of aromatic nitrogens is 1. The van der Waals surface area contributed by atoms with Crippen LogP contribution in [0.5, 0.6) is 5.75 Å². The van der Waals surface area contributed by atoms with Gasteiger partial charge in [-0.2, -0.15) is 0 Å². The van der Waals surface area contributed by atoms with E-state index in [9.17, 15) is 4.79 Å². The van der Waals surface area contributed by atoms with E-state index in [1.54, 1.807) is 30.3 Å². The molecule has 6 heteroatoms. The summed E-state index contributed by atoms with van der Waals surface area (Å²) >= 11 is 6.03. The zero-order chi connectivity index (χ0) is 19.5. The van der Waals surface area contributed by atoms with Crippen LogP contribution < -0.4 is 10.1 Å². The Morgan fingerprint density at radius 1 is 1.11 bits per heavy atom. The van der Waals surface area contributed by atoms with E-state index in [0.717, 1.165) is 11.1 Å². The Morgan fingerprint density at radius 2 is 1.93 bits per heavy atom. The molecular weight excluding hydrogens is 376 g/mol. The molecule has 5 nitrogen and oxygen atoms in total. The van der Waals surface area contributed by atoms with E-state index in [2.05, 4.69) is 10.3 Å². The standard InChI is InChI=1S/C22H17ClN2O3/c1-14-5-8-18(9-6-14)27-13-21(26)24-17-7-10-19-20(12-17)28-22(25-19)15-3-2-4-16(23)11-15/h2-12H,13H2,1H3,(H,24,26). The van der Waals surface area contributed by atoms with E-state index < -0.39 is 0 Å². The molecule has 3 aromatic carbocycles. The van der Waals surface area contributed by atoms with Crippen molar-refractivity contribution in [2.45, 2.75) is 6.92 Å². The number of amides is 1. The van der Waals surface area contributed by atoms with Crippen molar-refractivity contribution in [1.29, 1.82) is 0 Å². The topological polar surface area (TPSA) is 64.4 Å². The van der Waals surface area contributed by atoms with Gasteiger partial charge in [0, 0.05) is 22.3 Å². The van der Waals surface area contributed by atoms with Crippen LogP contribution in [0.1, 0.15) is 5.56 Å². The highest BCUT2D eigenvalue weighted by Gasteiger charge is 2.11. The number of carbonyl (C=O) groups is 1. The normalized spacial score (nSPS) is 10.8. The number of aryl methyl sites for hydroxylation is 1. The summed E-state index contributed by atoms with van der Waals surface area (Å²) in [5.41, 5.74) is 3.81. The van der Waals surface area contributed by atoms with Gasteiger partial charge >= 0.3 is 0 Å². The van der Waals surface area contributed by atoms with Crippen LogP contribution in [0.4, 0.5) is 5.69 Å². The lowest BCUT2D eigenvalue weighted by Crippen LogP contribution is -2.20. The number of hydrogen-bond donors (Lipinski definition) is 1. The number of hydrogen-bond acceptors (Lipinski definition) is 4. The van der Waals surface area contributed by atoms with Crippen molar-refractivity contribution in [1.82, 2.24) is 4.98 Å². The molecule has 1 amide bonds. The summed E-state index contributed by atoms with van der Waals surface area (Å²) in [6, 6.07) is 20.1. The van der Waals surface area contributed by atoms with Crippen LogP contribution in [0.15, 0.2) is 71.1 Å². The van der Waals surface area contributed by atoms with Gasteiger partial charge in [-0.15, -0.1) is 0 Å². The molecule has 0 aliphatic carbocycles. The van der Waals surface area contributed by atoms with Crippen LogP contribution in [0.25, 0.3) is 22.6 Å². The number of halogens is 1. The lowest BCUT2D eigenvalue weighted by Gasteiger charge is -2.07. The number of nitrogens with zero attached hydrogens (tertiary/aromatic N) is 1. The van der Waals surface area contributed by atoms with Crippen LogP contribution in [0.3, 0.4) is 0 Å². The molecule has 0 spiro atoms. The fourth-order valence-electron chi connectivity index (χ4n) is 2.73. The second-order valence-electron chi connectivity index (χ2n) is 6.36. The molecule has 28 heavy (non-hydrogen) atoms. The van der Waals surface area contributed by atoms with Crippen molar-refractivity contribution in [3.63, 3.8) is 0 Å². The first-order valence-electron chi connectivity index (χ1n) is 8.73. The number of benzene rings is 3. The molecule has 140 valence electrons. The summed E-state index contributed by atoms with van der Waals surface area (Å²) < 4.78 is 11.3. The van der Waals surface area contributed by atoms with Gasteiger partial charge in [0.15, 0.2) is 12.2 Å². The number of oxazole rings is 1. The van der Waals surface area contributed by atoms with Gasteiger partial charge in [-0.05, 0) is 49.4 Å². The van der Waals surface area contributed by atoms with Gasteiger partial charge < -0.3 is 14.5 Å². The average molecular weight is 393 g/mol. The number of rotatable bonds is 5. The third kappa shape index (κ3) is 4.15. The van der Waals surface area contributed by atoms with Crippen molar-refractivity contribution >= 4 is 34.3 Å². The Hall–Kier alpha value is -3.31. The van der Waals surface area contributed by atoms with Gasteiger partial charge in [-0.25, -0.2) is 4.98 Å². The molecule has 0 radical (unpaired) electrons. The molecule has 0 bridgehead atoms. The molecule has 0 fully saturated rings. The molecule has 0 saturated carbocycles. The molecule has 0 saturated heterocycles. The molecule has 1 heterocycles. The van der Waals surface area contributed by atoms with E-state index in [1.807, 2.05) is 43.3 Å². The Bertz CT molecular complexity index is 1140. The van der Waals surface area contributed by atoms with E-state index in [4.69, 9.17) is 20.8 Å². The van der Waals surface area contributed by atoms with E-state index in [0.29, 0.717) is 33.4 Å². The van der Waals surface area contributed by atoms with Crippen LogP contribution in [0.2, 0.25) is 5.02 Å². The van der Waals surface area contributed by atoms with Crippen LogP contribution in [-0.2, 0) is 4.79 Å². The highest BCUT2D eigenvalue weighted by Crippen LogP contribution is 2.27. The maximum absolute atomic E-state index is 12.2. The molecule has 4 aromatic rings. The Balaban J connectivity index is 1.45. The van der Waals surface area contributed by atoms with Crippen molar-refractivity contribution in [2.24, 2.45) is 0 Å². The highest BCUT2D eigenvalue weighted by molar-refractivity contribution is 6.30. The van der Waals surface area contributed by atoms with Crippen molar-refractivity contribution in [2.75, 3.05) is 11.9 Å². The lowest BCUT2D eigenvalue weighted by atomic mass is 10.2. The Kier molecular flexibility index (Phi) is 5.00. The van der Waals surface area contributed by atoms with Crippen LogP contribution in [-0.4, -0.2) is 17.5 Å². The SMILES string of the molecule is Cc1ccc(OCC(=O)Nc2ccc3nc(-c4cccc(Cl)c4)oc3c2)cc1. The second kappa shape index (κ2) is 7.74. The van der Waals surface area contributed by atoms with E-state index in [1.165, 1.54) is 0 Å². The van der Waals surface area contributed by atoms with Crippen molar-refractivity contribution in [3.8, 4) is 17.2 Å². The van der Waals surface area contributed by atoms with E-state index in [-0.39, 0.29) is 12.5 Å². The number of anilines is 1. The van der Waals surface area contributed by atoms with Crippen LogP contribution in [0, 0.1) is 6.92 Å². The van der Waals surface area contributed by atoms with Gasteiger partial charge in [-0.1, -0.05) is 35.4 Å². The van der Waals surface area contributed by atoms with Crippen molar-refractivity contribution < 1.29 is 13.9 Å². The molecule has 4 rings (SSSR count). The predicted octanol–water partition coefficient (Wildman–Crippen LogP) is 5.47. The fourth-order valence-corrected chi connectivity index (χ4v) is 2.92. The first-order chi connectivity index (χ1) is 13.6. The number of carbonyl (C=O) groups excluding carboxylic acids is 1. The summed E-state index contributed by atoms with van der Waals surface area (Å²) in [7, 11) is 0. The molecular formula is C22H17ClN2O3. The zero-order valence-electron chi connectivity index (χ0n) is 15.1. The van der Waals surface area contributed by atoms with Gasteiger partial charge in [0.1, 0.15) is 11.3 Å². The average Bonchev–Trinajstić information content (AvgIpc) is 3.11. The Labute approximate surface area is 166 Å². The van der Waals surface area contributed by atoms with Crippen LogP contribution >= 0.6 is 11.6 Å². The highest BCUT2D eigenvalue weighted by atomic mass is 35.5. The Morgan fingerprint density at radius 3 is 2.71 bits per heavy atom. The largest absolute Gasteiger partial charge is 0.484 e. The summed E-state index contributed by atoms with van der Waals surface area (Å²) in [5.74, 6) is 0.871. The summed E-state index contributed by atoms with van der Waals surface area (Å²) in [6.07, 6.45) is 0. The fraction of sp³-hybridized carbons (Fsp3) is 0.0909. The molecule has 0 aliphatic heterocycles.